The summed E-state index contributed by atoms with van der Waals surface area (Å²) in [5.74, 6) is -0.171. The summed E-state index contributed by atoms with van der Waals surface area (Å²) < 4.78 is 6.96. The van der Waals surface area contributed by atoms with Crippen molar-refractivity contribution in [2.24, 2.45) is 0 Å². The minimum absolute atomic E-state index is 0.171. The summed E-state index contributed by atoms with van der Waals surface area (Å²) in [4.78, 5) is 11.5. The Morgan fingerprint density at radius 3 is 2.36 bits per heavy atom. The number of hydrogen-bond donors (Lipinski definition) is 0. The standard InChI is InChI=1S/C11H17NO2/c1-5-14-11(13)10(4)12-8(2)6-7-9(12)3/h6-7,10H,5H2,1-4H3/t10-/m1/s1. The Labute approximate surface area is 84.7 Å². The van der Waals surface area contributed by atoms with Gasteiger partial charge >= 0.3 is 5.97 Å². The Morgan fingerprint density at radius 1 is 1.43 bits per heavy atom. The Morgan fingerprint density at radius 2 is 1.93 bits per heavy atom. The van der Waals surface area contributed by atoms with Crippen molar-refractivity contribution < 1.29 is 9.53 Å². The SMILES string of the molecule is CCOC(=O)[C@@H](C)n1c(C)ccc1C. The molecule has 14 heavy (non-hydrogen) atoms. The molecule has 1 rings (SSSR count). The highest BCUT2D eigenvalue weighted by Gasteiger charge is 2.18. The van der Waals surface area contributed by atoms with E-state index in [1.165, 1.54) is 0 Å². The van der Waals surface area contributed by atoms with E-state index < -0.39 is 0 Å². The van der Waals surface area contributed by atoms with Crippen molar-refractivity contribution >= 4 is 5.97 Å². The third kappa shape index (κ3) is 1.97. The van der Waals surface area contributed by atoms with E-state index in [0.29, 0.717) is 6.61 Å². The lowest BCUT2D eigenvalue weighted by atomic mass is 10.3. The Bertz CT molecular complexity index is 309. The van der Waals surface area contributed by atoms with E-state index in [-0.39, 0.29) is 12.0 Å². The fraction of sp³-hybridized carbons (Fsp3) is 0.545. The van der Waals surface area contributed by atoms with E-state index >= 15 is 0 Å². The van der Waals surface area contributed by atoms with Crippen molar-refractivity contribution in [1.29, 1.82) is 0 Å². The lowest BCUT2D eigenvalue weighted by molar-refractivity contribution is -0.146. The average molecular weight is 195 g/mol. The molecule has 0 amide bonds. The topological polar surface area (TPSA) is 31.2 Å². The molecule has 0 saturated carbocycles. The molecule has 78 valence electrons. The van der Waals surface area contributed by atoms with Gasteiger partial charge in [-0.1, -0.05) is 0 Å². The third-order valence-electron chi connectivity index (χ3n) is 2.34. The highest BCUT2D eigenvalue weighted by molar-refractivity contribution is 5.74. The molecule has 1 heterocycles. The predicted molar refractivity (Wildman–Crippen MR) is 55.3 cm³/mol. The molecule has 0 aliphatic carbocycles. The number of rotatable bonds is 3. The van der Waals surface area contributed by atoms with Gasteiger partial charge in [0.2, 0.25) is 0 Å². The average Bonchev–Trinajstić information content (AvgIpc) is 2.46. The van der Waals surface area contributed by atoms with Crippen LogP contribution in [-0.2, 0) is 9.53 Å². The zero-order valence-corrected chi connectivity index (χ0v) is 9.20. The van der Waals surface area contributed by atoms with E-state index in [9.17, 15) is 4.79 Å². The van der Waals surface area contributed by atoms with Crippen molar-refractivity contribution in [3.05, 3.63) is 23.5 Å². The summed E-state index contributed by atoms with van der Waals surface area (Å²) in [7, 11) is 0. The fourth-order valence-electron chi connectivity index (χ4n) is 1.66. The minimum atomic E-state index is -0.232. The maximum Gasteiger partial charge on any atom is 0.328 e. The summed E-state index contributed by atoms with van der Waals surface area (Å²) in [6.07, 6.45) is 0. The van der Waals surface area contributed by atoms with Gasteiger partial charge < -0.3 is 9.30 Å². The van der Waals surface area contributed by atoms with E-state index in [2.05, 4.69) is 0 Å². The van der Waals surface area contributed by atoms with Gasteiger partial charge in [0.25, 0.3) is 0 Å². The van der Waals surface area contributed by atoms with E-state index in [1.807, 2.05) is 44.4 Å². The third-order valence-corrected chi connectivity index (χ3v) is 2.34. The number of nitrogens with zero attached hydrogens (tertiary/aromatic N) is 1. The smallest absolute Gasteiger partial charge is 0.328 e. The van der Waals surface area contributed by atoms with Gasteiger partial charge in [-0.05, 0) is 39.8 Å². The fourth-order valence-corrected chi connectivity index (χ4v) is 1.66. The largest absolute Gasteiger partial charge is 0.464 e. The lowest BCUT2D eigenvalue weighted by Gasteiger charge is -2.16. The molecular formula is C11H17NO2. The zero-order chi connectivity index (χ0) is 10.7. The summed E-state index contributed by atoms with van der Waals surface area (Å²) in [5, 5.41) is 0. The summed E-state index contributed by atoms with van der Waals surface area (Å²) in [6.45, 7) is 8.09. The van der Waals surface area contributed by atoms with Gasteiger partial charge in [-0.2, -0.15) is 0 Å². The second kappa shape index (κ2) is 4.31. The normalized spacial score (nSPS) is 12.6. The molecule has 0 radical (unpaired) electrons. The molecule has 0 N–H and O–H groups in total. The second-order valence-corrected chi connectivity index (χ2v) is 3.41. The van der Waals surface area contributed by atoms with Crippen LogP contribution in [0.4, 0.5) is 0 Å². The molecule has 0 aliphatic rings. The second-order valence-electron chi connectivity index (χ2n) is 3.41. The van der Waals surface area contributed by atoms with Crippen molar-refractivity contribution in [3.63, 3.8) is 0 Å². The van der Waals surface area contributed by atoms with Crippen LogP contribution in [-0.4, -0.2) is 17.1 Å². The number of hydrogen-bond acceptors (Lipinski definition) is 2. The molecular weight excluding hydrogens is 178 g/mol. The van der Waals surface area contributed by atoms with Crippen LogP contribution in [0.15, 0.2) is 12.1 Å². The maximum absolute atomic E-state index is 11.5. The first kappa shape index (κ1) is 10.8. The molecule has 3 heteroatoms. The van der Waals surface area contributed by atoms with Crippen molar-refractivity contribution in [2.45, 2.75) is 33.7 Å². The number of ether oxygens (including phenoxy) is 1. The van der Waals surface area contributed by atoms with Gasteiger partial charge in [-0.15, -0.1) is 0 Å². The van der Waals surface area contributed by atoms with E-state index in [0.717, 1.165) is 11.4 Å². The van der Waals surface area contributed by atoms with E-state index in [1.54, 1.807) is 0 Å². The van der Waals surface area contributed by atoms with Gasteiger partial charge in [-0.3, -0.25) is 0 Å². The van der Waals surface area contributed by atoms with Crippen LogP contribution in [0, 0.1) is 13.8 Å². The highest BCUT2D eigenvalue weighted by Crippen LogP contribution is 2.16. The van der Waals surface area contributed by atoms with Gasteiger partial charge in [0.05, 0.1) is 6.61 Å². The van der Waals surface area contributed by atoms with Crippen LogP contribution < -0.4 is 0 Å². The molecule has 0 unspecified atom stereocenters. The quantitative estimate of drug-likeness (QED) is 0.692. The maximum atomic E-state index is 11.5. The first-order valence-corrected chi connectivity index (χ1v) is 4.89. The van der Waals surface area contributed by atoms with Crippen LogP contribution in [0.3, 0.4) is 0 Å². The zero-order valence-electron chi connectivity index (χ0n) is 9.20. The van der Waals surface area contributed by atoms with Crippen molar-refractivity contribution in [2.75, 3.05) is 6.61 Å². The Kier molecular flexibility index (Phi) is 3.33. The van der Waals surface area contributed by atoms with Gasteiger partial charge in [-0.25, -0.2) is 4.79 Å². The number of aryl methyl sites for hydroxylation is 2. The molecule has 0 saturated heterocycles. The molecule has 0 aromatic carbocycles. The number of aromatic nitrogens is 1. The number of carbonyl (C=O) groups is 1. The van der Waals surface area contributed by atoms with Gasteiger partial charge in [0, 0.05) is 11.4 Å². The van der Waals surface area contributed by atoms with Crippen molar-refractivity contribution in [1.82, 2.24) is 4.57 Å². The van der Waals surface area contributed by atoms with Crippen LogP contribution in [0.5, 0.6) is 0 Å². The highest BCUT2D eigenvalue weighted by atomic mass is 16.5. The Balaban J connectivity index is 2.88. The molecule has 0 bridgehead atoms. The molecule has 0 fully saturated rings. The lowest BCUT2D eigenvalue weighted by Crippen LogP contribution is -2.20. The molecule has 3 nitrogen and oxygen atoms in total. The van der Waals surface area contributed by atoms with Crippen LogP contribution in [0.25, 0.3) is 0 Å². The summed E-state index contributed by atoms with van der Waals surface area (Å²) in [6, 6.07) is 3.78. The molecule has 1 aromatic heterocycles. The van der Waals surface area contributed by atoms with E-state index in [4.69, 9.17) is 4.74 Å². The molecule has 1 atom stereocenters. The molecule has 1 aromatic rings. The van der Waals surface area contributed by atoms with Crippen LogP contribution in [0.2, 0.25) is 0 Å². The summed E-state index contributed by atoms with van der Waals surface area (Å²) in [5.41, 5.74) is 2.17. The van der Waals surface area contributed by atoms with Crippen molar-refractivity contribution in [3.8, 4) is 0 Å². The molecule has 0 spiro atoms. The number of carbonyl (C=O) groups excluding carboxylic acids is 1. The first-order valence-electron chi connectivity index (χ1n) is 4.89. The number of esters is 1. The van der Waals surface area contributed by atoms with Crippen LogP contribution >= 0.6 is 0 Å². The first-order chi connectivity index (χ1) is 6.57. The monoisotopic (exact) mass is 195 g/mol. The molecule has 0 aliphatic heterocycles. The minimum Gasteiger partial charge on any atom is -0.464 e. The summed E-state index contributed by atoms with van der Waals surface area (Å²) >= 11 is 0. The van der Waals surface area contributed by atoms with Gasteiger partial charge in [0.1, 0.15) is 6.04 Å². The van der Waals surface area contributed by atoms with Gasteiger partial charge in [0.15, 0.2) is 0 Å². The Hall–Kier alpha value is -1.25. The predicted octanol–water partition coefficient (Wildman–Crippen LogP) is 2.23. The van der Waals surface area contributed by atoms with Crippen LogP contribution in [0.1, 0.15) is 31.3 Å².